The number of nitrogens with one attached hydrogen (secondary N) is 1. The number of benzene rings is 1. The molecule has 2 rings (SSSR count). The maximum atomic E-state index is 9.31. The molecule has 1 atom stereocenters. The Bertz CT molecular complexity index is 481. The summed E-state index contributed by atoms with van der Waals surface area (Å²) in [5.41, 5.74) is 7.79. The van der Waals surface area contributed by atoms with Crippen LogP contribution in [0.3, 0.4) is 0 Å². The van der Waals surface area contributed by atoms with Crippen molar-refractivity contribution in [2.24, 2.45) is 5.73 Å². The van der Waals surface area contributed by atoms with E-state index >= 15 is 0 Å². The molecule has 0 bridgehead atoms. The van der Waals surface area contributed by atoms with Crippen molar-refractivity contribution in [1.82, 2.24) is 4.98 Å². The molecule has 0 radical (unpaired) electrons. The van der Waals surface area contributed by atoms with Crippen LogP contribution in [0.4, 0.5) is 5.69 Å². The molecule has 16 heavy (non-hydrogen) atoms. The number of nitrogens with two attached hydrogens (primary N) is 1. The molecule has 4 N–H and O–H groups in total. The second-order valence-electron chi connectivity index (χ2n) is 3.69. The van der Waals surface area contributed by atoms with E-state index in [1.807, 2.05) is 25.1 Å². The van der Waals surface area contributed by atoms with Crippen molar-refractivity contribution < 1.29 is 9.52 Å². The molecule has 5 heteroatoms. The molecule has 2 aromatic rings. The lowest BCUT2D eigenvalue weighted by Gasteiger charge is -2.09. The van der Waals surface area contributed by atoms with Crippen molar-refractivity contribution in [3.8, 4) is 0 Å². The number of nitrogens with zero attached hydrogens (tertiary/aromatic N) is 1. The number of anilines is 1. The van der Waals surface area contributed by atoms with E-state index in [4.69, 9.17) is 10.2 Å². The lowest BCUT2D eigenvalue weighted by molar-refractivity contribution is 0.196. The van der Waals surface area contributed by atoms with Gasteiger partial charge in [-0.2, -0.15) is 0 Å². The Morgan fingerprint density at radius 2 is 2.38 bits per heavy atom. The van der Waals surface area contributed by atoms with Gasteiger partial charge >= 0.3 is 0 Å². The fourth-order valence-corrected chi connectivity index (χ4v) is 1.47. The van der Waals surface area contributed by atoms with Crippen LogP contribution in [0.15, 0.2) is 22.6 Å². The Morgan fingerprint density at radius 1 is 1.56 bits per heavy atom. The van der Waals surface area contributed by atoms with E-state index in [1.165, 1.54) is 0 Å². The molecule has 0 aliphatic carbocycles. The third kappa shape index (κ3) is 2.32. The molecule has 1 unspecified atom stereocenters. The molecule has 0 amide bonds. The zero-order valence-electron chi connectivity index (χ0n) is 9.10. The minimum absolute atomic E-state index is 0.248. The van der Waals surface area contributed by atoms with Crippen LogP contribution in [-0.2, 0) is 0 Å². The average molecular weight is 221 g/mol. The second kappa shape index (κ2) is 4.51. The van der Waals surface area contributed by atoms with Gasteiger partial charge in [-0.25, -0.2) is 4.98 Å². The Balaban J connectivity index is 2.13. The van der Waals surface area contributed by atoms with Gasteiger partial charge in [0, 0.05) is 25.7 Å². The molecule has 1 aromatic heterocycles. The summed E-state index contributed by atoms with van der Waals surface area (Å²) in [6.07, 6.45) is -0.533. The quantitative estimate of drug-likeness (QED) is 0.713. The van der Waals surface area contributed by atoms with Crippen LogP contribution < -0.4 is 11.1 Å². The van der Waals surface area contributed by atoms with Crippen LogP contribution in [-0.4, -0.2) is 29.3 Å². The van der Waals surface area contributed by atoms with E-state index in [0.29, 0.717) is 12.4 Å². The van der Waals surface area contributed by atoms with Gasteiger partial charge in [0.05, 0.1) is 6.10 Å². The normalized spacial score (nSPS) is 12.9. The van der Waals surface area contributed by atoms with Gasteiger partial charge in [-0.15, -0.1) is 0 Å². The fraction of sp³-hybridized carbons (Fsp3) is 0.364. The highest BCUT2D eigenvalue weighted by Crippen LogP contribution is 2.19. The molecule has 0 aliphatic rings. The number of oxazole rings is 1. The standard InChI is InChI=1S/C11H15N3O2/c1-7-14-10-4-8(2-3-11(10)16-7)13-6-9(15)5-12/h2-4,9,13,15H,5-6,12H2,1H3. The maximum Gasteiger partial charge on any atom is 0.192 e. The molecule has 0 fully saturated rings. The molecule has 0 spiro atoms. The number of aliphatic hydroxyl groups is 1. The van der Waals surface area contributed by atoms with Gasteiger partial charge < -0.3 is 20.6 Å². The van der Waals surface area contributed by atoms with Crippen molar-refractivity contribution in [2.45, 2.75) is 13.0 Å². The summed E-state index contributed by atoms with van der Waals surface area (Å²) in [4.78, 5) is 4.23. The molecule has 86 valence electrons. The number of aryl methyl sites for hydroxylation is 1. The van der Waals surface area contributed by atoms with Gasteiger partial charge in [0.25, 0.3) is 0 Å². The summed E-state index contributed by atoms with van der Waals surface area (Å²) in [6.45, 7) is 2.49. The van der Waals surface area contributed by atoms with Gasteiger partial charge in [-0.3, -0.25) is 0 Å². The molecule has 1 heterocycles. The van der Waals surface area contributed by atoms with Crippen LogP contribution in [0.25, 0.3) is 11.1 Å². The third-order valence-electron chi connectivity index (χ3n) is 2.31. The summed E-state index contributed by atoms with van der Waals surface area (Å²) in [6, 6.07) is 5.62. The summed E-state index contributed by atoms with van der Waals surface area (Å²) >= 11 is 0. The lowest BCUT2D eigenvalue weighted by atomic mass is 10.2. The predicted octanol–water partition coefficient (Wildman–Crippen LogP) is 0.868. The van der Waals surface area contributed by atoms with Crippen molar-refractivity contribution in [2.75, 3.05) is 18.4 Å². The van der Waals surface area contributed by atoms with Crippen molar-refractivity contribution in [1.29, 1.82) is 0 Å². The van der Waals surface area contributed by atoms with Crippen LogP contribution in [0, 0.1) is 6.92 Å². The highest BCUT2D eigenvalue weighted by Gasteiger charge is 2.04. The van der Waals surface area contributed by atoms with Gasteiger partial charge in [0.2, 0.25) is 0 Å². The van der Waals surface area contributed by atoms with Gasteiger partial charge in [-0.05, 0) is 18.2 Å². The SMILES string of the molecule is Cc1nc2cc(NCC(O)CN)ccc2o1. The maximum absolute atomic E-state index is 9.31. The fourth-order valence-electron chi connectivity index (χ4n) is 1.47. The predicted molar refractivity (Wildman–Crippen MR) is 62.3 cm³/mol. The first-order valence-electron chi connectivity index (χ1n) is 5.18. The third-order valence-corrected chi connectivity index (χ3v) is 2.31. The van der Waals surface area contributed by atoms with E-state index in [9.17, 15) is 5.11 Å². The van der Waals surface area contributed by atoms with Crippen molar-refractivity contribution in [3.63, 3.8) is 0 Å². The zero-order valence-corrected chi connectivity index (χ0v) is 9.10. The smallest absolute Gasteiger partial charge is 0.192 e. The molecule has 1 aromatic carbocycles. The first-order valence-corrected chi connectivity index (χ1v) is 5.18. The van der Waals surface area contributed by atoms with Gasteiger partial charge in [0.15, 0.2) is 11.5 Å². The largest absolute Gasteiger partial charge is 0.441 e. The molecule has 5 nitrogen and oxygen atoms in total. The summed E-state index contributed by atoms with van der Waals surface area (Å²) < 4.78 is 5.36. The highest BCUT2D eigenvalue weighted by molar-refractivity contribution is 5.77. The second-order valence-corrected chi connectivity index (χ2v) is 3.69. The average Bonchev–Trinajstić information content (AvgIpc) is 2.65. The zero-order chi connectivity index (χ0) is 11.5. The molecular weight excluding hydrogens is 206 g/mol. The Morgan fingerprint density at radius 3 is 3.12 bits per heavy atom. The number of aromatic nitrogens is 1. The summed E-state index contributed by atoms with van der Waals surface area (Å²) in [5.74, 6) is 0.647. The van der Waals surface area contributed by atoms with Crippen LogP contribution in [0.1, 0.15) is 5.89 Å². The molecule has 0 saturated carbocycles. The molecular formula is C11H15N3O2. The summed E-state index contributed by atoms with van der Waals surface area (Å²) in [7, 11) is 0. The first-order chi connectivity index (χ1) is 7.69. The van der Waals surface area contributed by atoms with E-state index in [0.717, 1.165) is 16.8 Å². The number of fused-ring (bicyclic) bond motifs is 1. The van der Waals surface area contributed by atoms with Crippen molar-refractivity contribution in [3.05, 3.63) is 24.1 Å². The van der Waals surface area contributed by atoms with E-state index in [1.54, 1.807) is 0 Å². The highest BCUT2D eigenvalue weighted by atomic mass is 16.3. The summed E-state index contributed by atoms with van der Waals surface area (Å²) in [5, 5.41) is 12.4. The van der Waals surface area contributed by atoms with Crippen molar-refractivity contribution >= 4 is 16.8 Å². The Hall–Kier alpha value is -1.59. The minimum Gasteiger partial charge on any atom is -0.441 e. The van der Waals surface area contributed by atoms with E-state index in [2.05, 4.69) is 10.3 Å². The number of aliphatic hydroxyl groups excluding tert-OH is 1. The number of rotatable bonds is 4. The minimum atomic E-state index is -0.533. The Labute approximate surface area is 93.3 Å². The number of hydrogen-bond donors (Lipinski definition) is 3. The molecule has 0 aliphatic heterocycles. The van der Waals surface area contributed by atoms with Crippen LogP contribution in [0.5, 0.6) is 0 Å². The number of hydrogen-bond acceptors (Lipinski definition) is 5. The first kappa shape index (κ1) is 10.9. The van der Waals surface area contributed by atoms with Gasteiger partial charge in [0.1, 0.15) is 5.52 Å². The monoisotopic (exact) mass is 221 g/mol. The molecule has 0 saturated heterocycles. The van der Waals surface area contributed by atoms with Crippen LogP contribution in [0.2, 0.25) is 0 Å². The van der Waals surface area contributed by atoms with E-state index < -0.39 is 6.10 Å². The Kier molecular flexibility index (Phi) is 3.07. The lowest BCUT2D eigenvalue weighted by Crippen LogP contribution is -2.27. The topological polar surface area (TPSA) is 84.3 Å². The van der Waals surface area contributed by atoms with Crippen LogP contribution >= 0.6 is 0 Å². The van der Waals surface area contributed by atoms with Gasteiger partial charge in [-0.1, -0.05) is 0 Å². The van der Waals surface area contributed by atoms with E-state index in [-0.39, 0.29) is 6.54 Å².